The summed E-state index contributed by atoms with van der Waals surface area (Å²) in [7, 11) is 1.88. The molecule has 2 amide bonds. The molecule has 3 heterocycles. The molecule has 2 N–H and O–H groups in total. The molecule has 0 bridgehead atoms. The first-order valence-corrected chi connectivity index (χ1v) is 9.72. The molecule has 140 valence electrons. The molecule has 0 unspecified atom stereocenters. The van der Waals surface area contributed by atoms with Crippen LogP contribution < -0.4 is 5.32 Å². The Hall–Kier alpha value is -2.81. The van der Waals surface area contributed by atoms with Gasteiger partial charge in [-0.25, -0.2) is 0 Å². The van der Waals surface area contributed by atoms with Gasteiger partial charge < -0.3 is 19.8 Å². The van der Waals surface area contributed by atoms with Gasteiger partial charge in [0.25, 0.3) is 5.91 Å². The molecule has 1 aliphatic heterocycles. The molecule has 0 aliphatic carbocycles. The van der Waals surface area contributed by atoms with Gasteiger partial charge in [-0.05, 0) is 6.07 Å². The number of amides is 2. The topological polar surface area (TPSA) is 95.9 Å². The van der Waals surface area contributed by atoms with Crippen LogP contribution in [-0.4, -0.2) is 61.8 Å². The van der Waals surface area contributed by atoms with E-state index in [0.717, 1.165) is 21.8 Å². The van der Waals surface area contributed by atoms with Crippen molar-refractivity contribution in [2.75, 3.05) is 25.4 Å². The molecular weight excluding hydrogens is 364 g/mol. The highest BCUT2D eigenvalue weighted by Crippen LogP contribution is 2.24. The lowest BCUT2D eigenvalue weighted by atomic mass is 9.97. The third kappa shape index (κ3) is 3.55. The molecule has 0 atom stereocenters. The average molecular weight is 384 g/mol. The first kappa shape index (κ1) is 17.6. The highest BCUT2D eigenvalue weighted by atomic mass is 32.2. The normalized spacial score (nSPS) is 14.3. The van der Waals surface area contributed by atoms with Gasteiger partial charge in [0.15, 0.2) is 5.16 Å². The summed E-state index contributed by atoms with van der Waals surface area (Å²) < 4.78 is 1.84. The molecule has 8 nitrogen and oxygen atoms in total. The number of nitrogens with zero attached hydrogens (tertiary/aromatic N) is 4. The van der Waals surface area contributed by atoms with E-state index in [2.05, 4.69) is 20.5 Å². The number of hydrogen-bond acceptors (Lipinski definition) is 5. The van der Waals surface area contributed by atoms with E-state index >= 15 is 0 Å². The number of aryl methyl sites for hydroxylation is 1. The summed E-state index contributed by atoms with van der Waals surface area (Å²) in [5, 5.41) is 12.5. The van der Waals surface area contributed by atoms with Gasteiger partial charge in [0.2, 0.25) is 5.91 Å². The zero-order valence-electron chi connectivity index (χ0n) is 14.9. The Balaban J connectivity index is 1.23. The molecule has 1 saturated heterocycles. The molecule has 4 rings (SSSR count). The molecule has 0 saturated carbocycles. The number of likely N-dealkylation sites (tertiary alicyclic amines) is 1. The highest BCUT2D eigenvalue weighted by molar-refractivity contribution is 7.99. The van der Waals surface area contributed by atoms with E-state index in [9.17, 15) is 9.59 Å². The number of carbonyl (C=O) groups excluding carboxylic acids is 2. The Bertz CT molecular complexity index is 975. The fourth-order valence-electron chi connectivity index (χ4n) is 3.09. The number of aromatic amines is 1. The van der Waals surface area contributed by atoms with E-state index in [4.69, 9.17) is 0 Å². The summed E-state index contributed by atoms with van der Waals surface area (Å²) in [6, 6.07) is 7.72. The van der Waals surface area contributed by atoms with E-state index in [1.807, 2.05) is 35.9 Å². The number of thioether (sulfide) groups is 1. The summed E-state index contributed by atoms with van der Waals surface area (Å²) in [5.74, 6) is 0.549. The maximum atomic E-state index is 12.6. The zero-order valence-corrected chi connectivity index (χ0v) is 15.7. The van der Waals surface area contributed by atoms with Crippen LogP contribution >= 0.6 is 11.8 Å². The lowest BCUT2D eigenvalue weighted by molar-refractivity contribution is -0.128. The monoisotopic (exact) mass is 384 g/mol. The molecular formula is C18H20N6O2S. The van der Waals surface area contributed by atoms with Crippen molar-refractivity contribution in [3.8, 4) is 0 Å². The van der Waals surface area contributed by atoms with Gasteiger partial charge in [-0.2, -0.15) is 0 Å². The summed E-state index contributed by atoms with van der Waals surface area (Å²) in [6.45, 7) is 1.48. The van der Waals surface area contributed by atoms with E-state index < -0.39 is 0 Å². The third-order valence-electron chi connectivity index (χ3n) is 4.66. The molecule has 1 fully saturated rings. The van der Waals surface area contributed by atoms with E-state index in [1.54, 1.807) is 29.2 Å². The Morgan fingerprint density at radius 1 is 1.33 bits per heavy atom. The minimum Gasteiger partial charge on any atom is -0.360 e. The van der Waals surface area contributed by atoms with Crippen molar-refractivity contribution in [2.45, 2.75) is 5.16 Å². The maximum Gasteiger partial charge on any atom is 0.256 e. The van der Waals surface area contributed by atoms with Crippen molar-refractivity contribution in [3.63, 3.8) is 0 Å². The van der Waals surface area contributed by atoms with Crippen molar-refractivity contribution < 1.29 is 9.59 Å². The summed E-state index contributed by atoms with van der Waals surface area (Å²) in [5.41, 5.74) is 1.60. The van der Waals surface area contributed by atoms with Crippen molar-refractivity contribution in [1.82, 2.24) is 30.0 Å². The van der Waals surface area contributed by atoms with Gasteiger partial charge in [0.05, 0.1) is 11.5 Å². The number of rotatable bonds is 6. The number of H-pyrrole nitrogens is 1. The number of nitrogens with one attached hydrogen (secondary N) is 2. The second-order valence-electron chi connectivity index (χ2n) is 6.52. The van der Waals surface area contributed by atoms with Crippen molar-refractivity contribution in [3.05, 3.63) is 42.4 Å². The number of hydrogen-bond donors (Lipinski definition) is 2. The lowest BCUT2D eigenvalue weighted by Crippen LogP contribution is -2.55. The van der Waals surface area contributed by atoms with Crippen LogP contribution in [0.5, 0.6) is 0 Å². The first-order valence-electron chi connectivity index (χ1n) is 8.73. The standard InChI is InChI=1S/C18H20N6O2S/c1-23-11-21-22-18(23)27-7-6-19-16(25)12-9-24(10-12)17(26)14-8-20-15-5-3-2-4-13(14)15/h2-5,8,11-12,20H,6-7,9-10H2,1H3,(H,19,25). The molecule has 0 radical (unpaired) electrons. The van der Waals surface area contributed by atoms with Crippen LogP contribution in [0.15, 0.2) is 41.9 Å². The Morgan fingerprint density at radius 3 is 2.93 bits per heavy atom. The summed E-state index contributed by atoms with van der Waals surface area (Å²) in [6.07, 6.45) is 3.39. The number of fused-ring (bicyclic) bond motifs is 1. The SMILES string of the molecule is Cn1cnnc1SCCNC(=O)C1CN(C(=O)c2c[nH]c3ccccc23)C1. The average Bonchev–Trinajstić information content (AvgIpc) is 3.23. The van der Waals surface area contributed by atoms with Crippen LogP contribution in [0.4, 0.5) is 0 Å². The second kappa shape index (κ2) is 7.43. The molecule has 3 aromatic rings. The zero-order chi connectivity index (χ0) is 18.8. The van der Waals surface area contributed by atoms with E-state index in [1.165, 1.54) is 0 Å². The number of carbonyl (C=O) groups is 2. The van der Waals surface area contributed by atoms with Crippen molar-refractivity contribution >= 4 is 34.5 Å². The largest absolute Gasteiger partial charge is 0.360 e. The Labute approximate surface area is 160 Å². The van der Waals surface area contributed by atoms with E-state index in [0.29, 0.717) is 25.2 Å². The first-order chi connectivity index (χ1) is 13.1. The van der Waals surface area contributed by atoms with Gasteiger partial charge in [-0.3, -0.25) is 9.59 Å². The number of para-hydroxylation sites is 1. The molecule has 2 aromatic heterocycles. The fourth-order valence-corrected chi connectivity index (χ4v) is 3.84. The number of benzene rings is 1. The lowest BCUT2D eigenvalue weighted by Gasteiger charge is -2.38. The molecule has 27 heavy (non-hydrogen) atoms. The number of aromatic nitrogens is 4. The minimum absolute atomic E-state index is 0.00320. The van der Waals surface area contributed by atoms with Crippen LogP contribution in [0.2, 0.25) is 0 Å². The third-order valence-corrected chi connectivity index (χ3v) is 5.70. The van der Waals surface area contributed by atoms with Crippen LogP contribution in [0.25, 0.3) is 10.9 Å². The van der Waals surface area contributed by atoms with Crippen LogP contribution in [0.1, 0.15) is 10.4 Å². The Kier molecular flexibility index (Phi) is 4.85. The van der Waals surface area contributed by atoms with Crippen LogP contribution in [0, 0.1) is 5.92 Å². The van der Waals surface area contributed by atoms with Crippen LogP contribution in [0.3, 0.4) is 0 Å². The van der Waals surface area contributed by atoms with Gasteiger partial charge in [-0.15, -0.1) is 10.2 Å². The smallest absolute Gasteiger partial charge is 0.256 e. The molecule has 0 spiro atoms. The van der Waals surface area contributed by atoms with Crippen molar-refractivity contribution in [1.29, 1.82) is 0 Å². The molecule has 9 heteroatoms. The second-order valence-corrected chi connectivity index (χ2v) is 7.58. The molecule has 1 aliphatic rings. The Morgan fingerprint density at radius 2 is 2.15 bits per heavy atom. The highest BCUT2D eigenvalue weighted by Gasteiger charge is 2.36. The summed E-state index contributed by atoms with van der Waals surface area (Å²) in [4.78, 5) is 29.7. The molecule has 1 aromatic carbocycles. The summed E-state index contributed by atoms with van der Waals surface area (Å²) >= 11 is 1.54. The predicted molar refractivity (Wildman–Crippen MR) is 102 cm³/mol. The quantitative estimate of drug-likeness (QED) is 0.493. The van der Waals surface area contributed by atoms with E-state index in [-0.39, 0.29) is 17.7 Å². The van der Waals surface area contributed by atoms with Gasteiger partial charge in [-0.1, -0.05) is 30.0 Å². The minimum atomic E-state index is -0.140. The fraction of sp³-hybridized carbons (Fsp3) is 0.333. The predicted octanol–water partition coefficient (Wildman–Crippen LogP) is 1.28. The van der Waals surface area contributed by atoms with Crippen LogP contribution in [-0.2, 0) is 11.8 Å². The van der Waals surface area contributed by atoms with Crippen molar-refractivity contribution in [2.24, 2.45) is 13.0 Å². The van der Waals surface area contributed by atoms with Gasteiger partial charge in [0.1, 0.15) is 6.33 Å². The maximum absolute atomic E-state index is 12.6. The van der Waals surface area contributed by atoms with Gasteiger partial charge >= 0.3 is 0 Å². The van der Waals surface area contributed by atoms with Gasteiger partial charge in [0, 0.05) is 49.5 Å².